The third kappa shape index (κ3) is 2.28. The number of benzene rings is 1. The van der Waals surface area contributed by atoms with E-state index in [1.54, 1.807) is 0 Å². The van der Waals surface area contributed by atoms with Gasteiger partial charge in [-0.3, -0.25) is 0 Å². The van der Waals surface area contributed by atoms with Gasteiger partial charge in [0.05, 0.1) is 11.4 Å². The average Bonchev–Trinajstić information content (AvgIpc) is 2.19. The molecule has 0 aliphatic rings. The molecule has 0 radical (unpaired) electrons. The van der Waals surface area contributed by atoms with Crippen LogP contribution in [0, 0.1) is 6.92 Å². The quantitative estimate of drug-likeness (QED) is 0.615. The van der Waals surface area contributed by atoms with Crippen LogP contribution >= 0.6 is 0 Å². The molecule has 0 aliphatic heterocycles. The third-order valence-corrected chi connectivity index (χ3v) is 2.58. The fourth-order valence-electron chi connectivity index (χ4n) is 1.58. The summed E-state index contributed by atoms with van der Waals surface area (Å²) in [5.41, 5.74) is 1.90. The summed E-state index contributed by atoms with van der Waals surface area (Å²) >= 11 is 0. The molecule has 108 valence electrons. The van der Waals surface area contributed by atoms with Crippen molar-refractivity contribution in [2.45, 2.75) is 24.9 Å². The lowest BCUT2D eigenvalue weighted by molar-refractivity contribution is -0.348. The molecule has 1 rings (SSSR count). The van der Waals surface area contributed by atoms with Gasteiger partial charge < -0.3 is 11.5 Å². The van der Waals surface area contributed by atoms with E-state index in [-0.39, 0.29) is 11.8 Å². The Labute approximate surface area is 103 Å². The molecule has 2 nitrogen and oxygen atoms in total. The van der Waals surface area contributed by atoms with Crippen LogP contribution in [0.5, 0.6) is 0 Å². The Morgan fingerprint density at radius 1 is 0.789 bits per heavy atom. The molecule has 4 N–H and O–H groups in total. The largest absolute Gasteiger partial charge is 0.435 e. The molecule has 0 saturated heterocycles. The van der Waals surface area contributed by atoms with Gasteiger partial charge in [0.2, 0.25) is 0 Å². The third-order valence-electron chi connectivity index (χ3n) is 2.58. The minimum atomic E-state index is -6.17. The van der Waals surface area contributed by atoms with Crippen molar-refractivity contribution in [3.63, 3.8) is 0 Å². The van der Waals surface area contributed by atoms with Gasteiger partial charge in [0.1, 0.15) is 0 Å². The molecule has 0 atom stereocenters. The van der Waals surface area contributed by atoms with E-state index in [1.807, 2.05) is 0 Å². The Kier molecular flexibility index (Phi) is 3.38. The number of rotatable bonds is 1. The molecular weight excluding hydrogens is 281 g/mol. The minimum absolute atomic E-state index is 0.229. The summed E-state index contributed by atoms with van der Waals surface area (Å²) in [7, 11) is 0. The first-order valence-corrected chi connectivity index (χ1v) is 4.80. The Hall–Kier alpha value is -1.67. The van der Waals surface area contributed by atoms with Crippen molar-refractivity contribution >= 4 is 11.4 Å². The van der Waals surface area contributed by atoms with E-state index < -0.39 is 34.8 Å². The van der Waals surface area contributed by atoms with Crippen LogP contribution in [0.3, 0.4) is 0 Å². The molecule has 1 aromatic carbocycles. The molecule has 0 unspecified atom stereocenters. The van der Waals surface area contributed by atoms with Gasteiger partial charge >= 0.3 is 18.0 Å². The lowest BCUT2D eigenvalue weighted by Crippen LogP contribution is -2.50. The molecule has 1 aromatic rings. The highest BCUT2D eigenvalue weighted by Crippen LogP contribution is 2.54. The normalized spacial score (nSPS) is 13.7. The van der Waals surface area contributed by atoms with Crippen LogP contribution in [0.25, 0.3) is 0 Å². The van der Waals surface area contributed by atoms with Gasteiger partial charge in [-0.2, -0.15) is 26.3 Å². The smallest absolute Gasteiger partial charge is 0.397 e. The maximum atomic E-state index is 13.8. The first kappa shape index (κ1) is 15.4. The monoisotopic (exact) mass is 290 g/mol. The second kappa shape index (κ2) is 4.17. The van der Waals surface area contributed by atoms with Gasteiger partial charge in [-0.1, -0.05) is 0 Å². The summed E-state index contributed by atoms with van der Waals surface area (Å²) in [6.45, 7) is 0.886. The highest BCUT2D eigenvalue weighted by molar-refractivity contribution is 5.66. The van der Waals surface area contributed by atoms with Gasteiger partial charge in [0.15, 0.2) is 0 Å². The molecule has 19 heavy (non-hydrogen) atoms. The van der Waals surface area contributed by atoms with Crippen LogP contribution in [-0.2, 0) is 5.67 Å². The van der Waals surface area contributed by atoms with Gasteiger partial charge in [-0.25, -0.2) is 4.39 Å². The molecule has 0 spiro atoms. The fraction of sp³-hybridized carbons (Fsp3) is 0.400. The maximum Gasteiger partial charge on any atom is 0.435 e. The van der Waals surface area contributed by atoms with E-state index in [1.165, 1.54) is 0 Å². The molecule has 0 aromatic heterocycles. The van der Waals surface area contributed by atoms with Crippen molar-refractivity contribution in [3.05, 3.63) is 23.3 Å². The van der Waals surface area contributed by atoms with Crippen LogP contribution in [0.15, 0.2) is 12.1 Å². The first-order valence-electron chi connectivity index (χ1n) is 4.80. The van der Waals surface area contributed by atoms with Crippen LogP contribution in [-0.4, -0.2) is 12.4 Å². The van der Waals surface area contributed by atoms with Crippen LogP contribution in [0.2, 0.25) is 0 Å². The number of hydrogen-bond donors (Lipinski definition) is 2. The summed E-state index contributed by atoms with van der Waals surface area (Å²) in [6, 6.07) is 1.02. The number of hydrogen-bond acceptors (Lipinski definition) is 2. The Morgan fingerprint density at radius 2 is 1.16 bits per heavy atom. The number of nitrogens with two attached hydrogens (primary N) is 2. The van der Waals surface area contributed by atoms with E-state index in [9.17, 15) is 30.7 Å². The number of alkyl halides is 7. The highest BCUT2D eigenvalue weighted by atomic mass is 19.4. The SMILES string of the molecule is Cc1cc(N)c(N)cc1C(F)(C(F)(F)F)C(F)(F)F. The van der Waals surface area contributed by atoms with Crippen molar-refractivity contribution in [3.8, 4) is 0 Å². The lowest BCUT2D eigenvalue weighted by atomic mass is 9.89. The topological polar surface area (TPSA) is 52.0 Å². The zero-order valence-corrected chi connectivity index (χ0v) is 9.46. The molecule has 0 saturated carbocycles. The van der Waals surface area contributed by atoms with E-state index >= 15 is 0 Å². The second-order valence-corrected chi connectivity index (χ2v) is 3.95. The minimum Gasteiger partial charge on any atom is -0.397 e. The molecule has 0 amide bonds. The Balaban J connectivity index is 3.66. The zero-order valence-electron chi connectivity index (χ0n) is 9.46. The lowest BCUT2D eigenvalue weighted by Gasteiger charge is -2.31. The van der Waals surface area contributed by atoms with Gasteiger partial charge in [0, 0.05) is 5.56 Å². The molecule has 0 aliphatic carbocycles. The fourth-order valence-corrected chi connectivity index (χ4v) is 1.58. The number of nitrogen functional groups attached to an aromatic ring is 2. The van der Waals surface area contributed by atoms with Crippen molar-refractivity contribution in [2.24, 2.45) is 0 Å². The Morgan fingerprint density at radius 3 is 1.53 bits per heavy atom. The predicted molar refractivity (Wildman–Crippen MR) is 54.9 cm³/mol. The average molecular weight is 290 g/mol. The highest BCUT2D eigenvalue weighted by Gasteiger charge is 2.73. The summed E-state index contributed by atoms with van der Waals surface area (Å²) in [5.74, 6) is 0. The zero-order chi connectivity index (χ0) is 15.2. The molecule has 0 fully saturated rings. The summed E-state index contributed by atoms with van der Waals surface area (Å²) in [5, 5.41) is 0. The number of anilines is 2. The van der Waals surface area contributed by atoms with Crippen molar-refractivity contribution in [2.75, 3.05) is 11.5 Å². The van der Waals surface area contributed by atoms with E-state index in [0.29, 0.717) is 0 Å². The first-order chi connectivity index (χ1) is 8.32. The van der Waals surface area contributed by atoms with Crippen LogP contribution in [0.1, 0.15) is 11.1 Å². The van der Waals surface area contributed by atoms with Crippen molar-refractivity contribution in [1.82, 2.24) is 0 Å². The van der Waals surface area contributed by atoms with Gasteiger partial charge in [0.25, 0.3) is 0 Å². The van der Waals surface area contributed by atoms with E-state index in [2.05, 4.69) is 0 Å². The van der Waals surface area contributed by atoms with Gasteiger partial charge in [-0.05, 0) is 24.6 Å². The van der Waals surface area contributed by atoms with Crippen molar-refractivity contribution < 1.29 is 30.7 Å². The summed E-state index contributed by atoms with van der Waals surface area (Å²) < 4.78 is 89.0. The van der Waals surface area contributed by atoms with Gasteiger partial charge in [-0.15, -0.1) is 0 Å². The maximum absolute atomic E-state index is 13.8. The summed E-state index contributed by atoms with van der Waals surface area (Å²) in [6.07, 6.45) is -12.3. The Bertz CT molecular complexity index is 476. The summed E-state index contributed by atoms with van der Waals surface area (Å²) in [4.78, 5) is 0. The molecular formula is C10H9F7N2. The molecule has 0 heterocycles. The number of aryl methyl sites for hydroxylation is 1. The second-order valence-electron chi connectivity index (χ2n) is 3.95. The molecule has 0 bridgehead atoms. The predicted octanol–water partition coefficient (Wildman–Crippen LogP) is 3.45. The number of halogens is 7. The van der Waals surface area contributed by atoms with E-state index in [0.717, 1.165) is 13.0 Å². The van der Waals surface area contributed by atoms with E-state index in [4.69, 9.17) is 11.5 Å². The standard InChI is InChI=1S/C10H9F7N2/c1-4-2-6(18)7(19)3-5(4)8(11,9(12,13)14)10(15,16)17/h2-3H,18-19H2,1H3. The van der Waals surface area contributed by atoms with Crippen molar-refractivity contribution in [1.29, 1.82) is 0 Å². The van der Waals surface area contributed by atoms with Crippen LogP contribution < -0.4 is 11.5 Å². The van der Waals surface area contributed by atoms with Crippen LogP contribution in [0.4, 0.5) is 42.1 Å². The molecule has 9 heteroatoms.